The van der Waals surface area contributed by atoms with Gasteiger partial charge in [0.2, 0.25) is 5.91 Å². The molecule has 0 spiro atoms. The first-order chi connectivity index (χ1) is 12.2. The van der Waals surface area contributed by atoms with Gasteiger partial charge in [0.1, 0.15) is 5.69 Å². The number of Topliss-reactive ketones (excluding diaryl/α,β-unsaturated/α-hetero) is 1. The van der Waals surface area contributed by atoms with E-state index in [-0.39, 0.29) is 17.6 Å². The Balaban J connectivity index is 2.24. The average molecular weight is 355 g/mol. The lowest BCUT2D eigenvalue weighted by Crippen LogP contribution is -2.23. The van der Waals surface area contributed by atoms with Crippen molar-refractivity contribution in [2.24, 2.45) is 0 Å². The monoisotopic (exact) mass is 355 g/mol. The number of hydrogen-bond donors (Lipinski definition) is 2. The maximum Gasteiger partial charge on any atom is 0.272 e. The van der Waals surface area contributed by atoms with Gasteiger partial charge in [-0.05, 0) is 43.5 Å². The molecule has 0 fully saturated rings. The predicted molar refractivity (Wildman–Crippen MR) is 101 cm³/mol. The number of nitrogens with one attached hydrogen (secondary N) is 2. The van der Waals surface area contributed by atoms with Crippen LogP contribution in [-0.4, -0.2) is 34.5 Å². The lowest BCUT2D eigenvalue weighted by atomic mass is 10.0. The Morgan fingerprint density at radius 1 is 1.19 bits per heavy atom. The average Bonchev–Trinajstić information content (AvgIpc) is 2.91. The maximum atomic E-state index is 12.7. The van der Waals surface area contributed by atoms with Crippen LogP contribution in [0.3, 0.4) is 0 Å². The zero-order chi connectivity index (χ0) is 19.4. The van der Waals surface area contributed by atoms with Gasteiger partial charge in [-0.2, -0.15) is 0 Å². The van der Waals surface area contributed by atoms with Crippen molar-refractivity contribution in [3.63, 3.8) is 0 Å². The van der Waals surface area contributed by atoms with E-state index in [9.17, 15) is 14.4 Å². The van der Waals surface area contributed by atoms with Crippen molar-refractivity contribution in [3.8, 4) is 0 Å². The molecule has 0 unspecified atom stereocenters. The van der Waals surface area contributed by atoms with Crippen LogP contribution in [0.15, 0.2) is 24.3 Å². The summed E-state index contributed by atoms with van der Waals surface area (Å²) in [6, 6.07) is 7.37. The molecule has 0 aliphatic carbocycles. The van der Waals surface area contributed by atoms with Crippen molar-refractivity contribution >= 4 is 23.3 Å². The van der Waals surface area contributed by atoms with Gasteiger partial charge >= 0.3 is 0 Å². The molecule has 26 heavy (non-hydrogen) atoms. The van der Waals surface area contributed by atoms with Crippen LogP contribution in [0, 0.1) is 6.92 Å². The first-order valence-electron chi connectivity index (χ1n) is 8.59. The Morgan fingerprint density at radius 2 is 1.88 bits per heavy atom. The number of carbonyl (C=O) groups excluding carboxylic acids is 3. The van der Waals surface area contributed by atoms with Crippen LogP contribution in [0.25, 0.3) is 0 Å². The number of nitrogens with zero attached hydrogens (tertiary/aromatic N) is 1. The molecular formula is C20H25N3O3. The molecule has 6 heteroatoms. The zero-order valence-electron chi connectivity index (χ0n) is 15.9. The fourth-order valence-electron chi connectivity index (χ4n) is 3.03. The third-order valence-corrected chi connectivity index (χ3v) is 4.37. The van der Waals surface area contributed by atoms with Crippen LogP contribution in [0.2, 0.25) is 0 Å². The first-order valence-corrected chi connectivity index (χ1v) is 8.59. The number of amides is 2. The second-order valence-electron chi connectivity index (χ2n) is 6.42. The summed E-state index contributed by atoms with van der Waals surface area (Å²) in [5, 5.41) is 2.87. The van der Waals surface area contributed by atoms with E-state index in [1.54, 1.807) is 24.9 Å². The number of aromatic amines is 1. The predicted octanol–water partition coefficient (Wildman–Crippen LogP) is 3.32. The summed E-state index contributed by atoms with van der Waals surface area (Å²) in [4.78, 5) is 40.6. The number of aryl methyl sites for hydroxylation is 1. The molecule has 0 bridgehead atoms. The fourth-order valence-corrected chi connectivity index (χ4v) is 3.03. The Bertz CT molecular complexity index is 852. The quantitative estimate of drug-likeness (QED) is 0.780. The molecule has 2 aromatic rings. The number of aromatic nitrogens is 1. The Labute approximate surface area is 153 Å². The SMILES string of the molecule is CCc1c(C(=O)Nc2cccc(CN(C)C(C)=O)c2)[nH]c(C)c1C(C)=O. The van der Waals surface area contributed by atoms with Gasteiger partial charge in [0.25, 0.3) is 5.91 Å². The molecule has 2 amide bonds. The molecule has 1 heterocycles. The minimum Gasteiger partial charge on any atom is -0.354 e. The van der Waals surface area contributed by atoms with Crippen LogP contribution >= 0.6 is 0 Å². The topological polar surface area (TPSA) is 82.3 Å². The molecule has 6 nitrogen and oxygen atoms in total. The van der Waals surface area contributed by atoms with E-state index < -0.39 is 0 Å². The van der Waals surface area contributed by atoms with Gasteiger partial charge in [-0.1, -0.05) is 19.1 Å². The van der Waals surface area contributed by atoms with Gasteiger partial charge in [-0.25, -0.2) is 0 Å². The lowest BCUT2D eigenvalue weighted by Gasteiger charge is -2.15. The number of anilines is 1. The fraction of sp³-hybridized carbons (Fsp3) is 0.350. The number of carbonyl (C=O) groups is 3. The van der Waals surface area contributed by atoms with E-state index in [1.807, 2.05) is 25.1 Å². The molecule has 0 atom stereocenters. The van der Waals surface area contributed by atoms with Crippen LogP contribution in [0.4, 0.5) is 5.69 Å². The first kappa shape index (κ1) is 19.4. The normalized spacial score (nSPS) is 10.5. The molecule has 1 aromatic heterocycles. The van der Waals surface area contributed by atoms with Gasteiger partial charge in [0.05, 0.1) is 0 Å². The molecule has 0 aliphatic heterocycles. The molecule has 1 aromatic carbocycles. The third-order valence-electron chi connectivity index (χ3n) is 4.37. The summed E-state index contributed by atoms with van der Waals surface area (Å²) in [6.45, 7) is 7.20. The van der Waals surface area contributed by atoms with E-state index in [1.165, 1.54) is 13.8 Å². The smallest absolute Gasteiger partial charge is 0.272 e. The highest BCUT2D eigenvalue weighted by molar-refractivity contribution is 6.07. The van der Waals surface area contributed by atoms with E-state index in [0.717, 1.165) is 11.1 Å². The Kier molecular flexibility index (Phi) is 5.97. The molecule has 0 radical (unpaired) electrons. The standard InChI is InChI=1S/C20H25N3O3/c1-6-17-18(13(3)24)12(2)21-19(17)20(26)22-16-9-7-8-15(10-16)11-23(5)14(4)25/h7-10,21H,6,11H2,1-5H3,(H,22,26). The van der Waals surface area contributed by atoms with Gasteiger partial charge < -0.3 is 15.2 Å². The van der Waals surface area contributed by atoms with Crippen LogP contribution in [-0.2, 0) is 17.8 Å². The Hall–Kier alpha value is -2.89. The Morgan fingerprint density at radius 3 is 2.46 bits per heavy atom. The number of ketones is 1. The van der Waals surface area contributed by atoms with Crippen molar-refractivity contribution in [1.82, 2.24) is 9.88 Å². The van der Waals surface area contributed by atoms with Crippen LogP contribution < -0.4 is 5.32 Å². The van der Waals surface area contributed by atoms with Crippen molar-refractivity contribution in [1.29, 1.82) is 0 Å². The van der Waals surface area contributed by atoms with Crippen molar-refractivity contribution < 1.29 is 14.4 Å². The second-order valence-corrected chi connectivity index (χ2v) is 6.42. The highest BCUT2D eigenvalue weighted by Gasteiger charge is 2.21. The molecule has 138 valence electrons. The van der Waals surface area contributed by atoms with Gasteiger partial charge in [0.15, 0.2) is 5.78 Å². The summed E-state index contributed by atoms with van der Waals surface area (Å²) < 4.78 is 0. The minimum atomic E-state index is -0.283. The van der Waals surface area contributed by atoms with E-state index in [2.05, 4.69) is 10.3 Å². The molecule has 0 aliphatic rings. The highest BCUT2D eigenvalue weighted by atomic mass is 16.2. The van der Waals surface area contributed by atoms with E-state index in [4.69, 9.17) is 0 Å². The highest BCUT2D eigenvalue weighted by Crippen LogP contribution is 2.22. The van der Waals surface area contributed by atoms with Gasteiger partial charge in [-0.3, -0.25) is 14.4 Å². The third kappa shape index (κ3) is 4.20. The largest absolute Gasteiger partial charge is 0.354 e. The molecule has 2 rings (SSSR count). The summed E-state index contributed by atoms with van der Waals surface area (Å²) in [5.41, 5.74) is 4.01. The number of rotatable bonds is 6. The zero-order valence-corrected chi connectivity index (χ0v) is 15.9. The molecule has 2 N–H and O–H groups in total. The van der Waals surface area contributed by atoms with Crippen molar-refractivity contribution in [3.05, 3.63) is 52.3 Å². The molecular weight excluding hydrogens is 330 g/mol. The van der Waals surface area contributed by atoms with Gasteiger partial charge in [0, 0.05) is 37.5 Å². The number of H-pyrrole nitrogens is 1. The summed E-state index contributed by atoms with van der Waals surface area (Å²) in [6.07, 6.45) is 0.589. The minimum absolute atomic E-state index is 0.0225. The summed E-state index contributed by atoms with van der Waals surface area (Å²) in [7, 11) is 1.73. The molecule has 0 saturated carbocycles. The maximum absolute atomic E-state index is 12.7. The second kappa shape index (κ2) is 7.99. The summed E-state index contributed by atoms with van der Waals surface area (Å²) >= 11 is 0. The molecule has 0 saturated heterocycles. The van der Waals surface area contributed by atoms with Crippen molar-refractivity contribution in [2.45, 2.75) is 40.7 Å². The lowest BCUT2D eigenvalue weighted by molar-refractivity contribution is -0.128. The summed E-state index contributed by atoms with van der Waals surface area (Å²) in [5.74, 6) is -0.357. The number of benzene rings is 1. The van der Waals surface area contributed by atoms with Crippen molar-refractivity contribution in [2.75, 3.05) is 12.4 Å². The van der Waals surface area contributed by atoms with Crippen LogP contribution in [0.5, 0.6) is 0 Å². The van der Waals surface area contributed by atoms with E-state index >= 15 is 0 Å². The van der Waals surface area contributed by atoms with Gasteiger partial charge in [-0.15, -0.1) is 0 Å². The van der Waals surface area contributed by atoms with E-state index in [0.29, 0.717) is 35.6 Å². The number of hydrogen-bond acceptors (Lipinski definition) is 3. The van der Waals surface area contributed by atoms with Crippen LogP contribution in [0.1, 0.15) is 58.4 Å².